The Morgan fingerprint density at radius 1 is 1.44 bits per heavy atom. The predicted octanol–water partition coefficient (Wildman–Crippen LogP) is 2.09. The van der Waals surface area contributed by atoms with Gasteiger partial charge in [-0.15, -0.1) is 0 Å². The largest absolute Gasteiger partial charge is 0.392 e. The van der Waals surface area contributed by atoms with Crippen molar-refractivity contribution in [3.05, 3.63) is 34.9 Å². The Hall–Kier alpha value is -1.13. The van der Waals surface area contributed by atoms with Gasteiger partial charge in [0.1, 0.15) is 0 Å². The van der Waals surface area contributed by atoms with Gasteiger partial charge in [0.15, 0.2) is 0 Å². The number of likely N-dealkylation sites (N-methyl/N-ethyl adjacent to an activating group) is 1. The molecular weight excluding hydrogens is 244 g/mol. The number of hydrogen-bond acceptors (Lipinski definition) is 2. The fourth-order valence-corrected chi connectivity index (χ4v) is 1.57. The monoisotopic (exact) mass is 256 g/mol. The van der Waals surface area contributed by atoms with Crippen LogP contribution in [0.3, 0.4) is 0 Å². The molecule has 0 fully saturated rings. The fourth-order valence-electron chi connectivity index (χ4n) is 1.29. The van der Waals surface area contributed by atoms with E-state index < -0.39 is 0 Å². The molecule has 2 N–H and O–H groups in total. The van der Waals surface area contributed by atoms with Gasteiger partial charge < -0.3 is 10.6 Å². The van der Waals surface area contributed by atoms with Crippen LogP contribution in [-0.4, -0.2) is 28.9 Å². The SMILES string of the molecule is CCN(CC(N)=S)C(=O)c1ccc(Cl)cc1. The Morgan fingerprint density at radius 2 is 2.00 bits per heavy atom. The van der Waals surface area contributed by atoms with Crippen molar-refractivity contribution in [1.82, 2.24) is 4.90 Å². The van der Waals surface area contributed by atoms with Gasteiger partial charge in [-0.3, -0.25) is 4.79 Å². The van der Waals surface area contributed by atoms with Crippen molar-refractivity contribution in [2.24, 2.45) is 5.73 Å². The highest BCUT2D eigenvalue weighted by Gasteiger charge is 2.14. The molecule has 0 atom stereocenters. The first-order chi connectivity index (χ1) is 7.54. The molecule has 1 aromatic rings. The molecule has 0 bridgehead atoms. The van der Waals surface area contributed by atoms with E-state index in [1.807, 2.05) is 6.92 Å². The number of carbonyl (C=O) groups is 1. The minimum Gasteiger partial charge on any atom is -0.392 e. The minimum atomic E-state index is -0.0908. The zero-order valence-electron chi connectivity index (χ0n) is 8.94. The van der Waals surface area contributed by atoms with E-state index in [1.165, 1.54) is 0 Å². The first-order valence-corrected chi connectivity index (χ1v) is 5.66. The fraction of sp³-hybridized carbons (Fsp3) is 0.273. The maximum atomic E-state index is 12.0. The summed E-state index contributed by atoms with van der Waals surface area (Å²) in [5, 5.41) is 0.606. The summed E-state index contributed by atoms with van der Waals surface area (Å²) in [5.41, 5.74) is 6.01. The van der Waals surface area contributed by atoms with Gasteiger partial charge >= 0.3 is 0 Å². The van der Waals surface area contributed by atoms with E-state index in [-0.39, 0.29) is 5.91 Å². The summed E-state index contributed by atoms with van der Waals surface area (Å²) < 4.78 is 0. The van der Waals surface area contributed by atoms with Crippen molar-refractivity contribution in [2.75, 3.05) is 13.1 Å². The molecule has 0 unspecified atom stereocenters. The highest BCUT2D eigenvalue weighted by Crippen LogP contribution is 2.11. The third kappa shape index (κ3) is 3.47. The van der Waals surface area contributed by atoms with Gasteiger partial charge in [0.25, 0.3) is 5.91 Å². The molecule has 0 radical (unpaired) electrons. The number of nitrogens with zero attached hydrogens (tertiary/aromatic N) is 1. The van der Waals surface area contributed by atoms with Gasteiger partial charge in [-0.2, -0.15) is 0 Å². The van der Waals surface area contributed by atoms with Crippen LogP contribution in [0.5, 0.6) is 0 Å². The Morgan fingerprint density at radius 3 is 2.44 bits per heavy atom. The molecule has 0 aromatic heterocycles. The van der Waals surface area contributed by atoms with Crippen LogP contribution in [0.4, 0.5) is 0 Å². The van der Waals surface area contributed by atoms with Crippen LogP contribution in [0.25, 0.3) is 0 Å². The van der Waals surface area contributed by atoms with Crippen molar-refractivity contribution in [2.45, 2.75) is 6.92 Å². The van der Waals surface area contributed by atoms with Crippen LogP contribution in [0.1, 0.15) is 17.3 Å². The maximum absolute atomic E-state index is 12.0. The molecule has 3 nitrogen and oxygen atoms in total. The minimum absolute atomic E-state index is 0.0908. The van der Waals surface area contributed by atoms with Crippen LogP contribution < -0.4 is 5.73 Å². The second kappa shape index (κ2) is 5.82. The van der Waals surface area contributed by atoms with E-state index in [0.717, 1.165) is 0 Å². The standard InChI is InChI=1S/C11H13ClN2OS/c1-2-14(7-10(13)16)11(15)8-3-5-9(12)6-4-8/h3-6H,2,7H2,1H3,(H2,13,16). The van der Waals surface area contributed by atoms with Crippen LogP contribution in [0.15, 0.2) is 24.3 Å². The lowest BCUT2D eigenvalue weighted by Gasteiger charge is -2.20. The number of hydrogen-bond donors (Lipinski definition) is 1. The van der Waals surface area contributed by atoms with E-state index in [0.29, 0.717) is 28.7 Å². The molecule has 16 heavy (non-hydrogen) atoms. The Kier molecular flexibility index (Phi) is 4.71. The smallest absolute Gasteiger partial charge is 0.254 e. The summed E-state index contributed by atoms with van der Waals surface area (Å²) in [6, 6.07) is 6.74. The van der Waals surface area contributed by atoms with Gasteiger partial charge in [-0.05, 0) is 31.2 Å². The van der Waals surface area contributed by atoms with Crippen LogP contribution in [0.2, 0.25) is 5.02 Å². The van der Waals surface area contributed by atoms with Crippen molar-refractivity contribution in [3.8, 4) is 0 Å². The second-order valence-corrected chi connectivity index (χ2v) is 4.25. The number of amides is 1. The number of thiocarbonyl (C=S) groups is 1. The second-order valence-electron chi connectivity index (χ2n) is 3.29. The third-order valence-electron chi connectivity index (χ3n) is 2.11. The summed E-state index contributed by atoms with van der Waals surface area (Å²) in [6.07, 6.45) is 0. The lowest BCUT2D eigenvalue weighted by molar-refractivity contribution is 0.0788. The van der Waals surface area contributed by atoms with Gasteiger partial charge in [-0.25, -0.2) is 0 Å². The molecule has 86 valence electrons. The van der Waals surface area contributed by atoms with Crippen molar-refractivity contribution >= 4 is 34.7 Å². The third-order valence-corrected chi connectivity index (χ3v) is 2.49. The number of halogens is 1. The Balaban J connectivity index is 2.82. The molecule has 1 amide bonds. The molecule has 0 saturated carbocycles. The molecule has 0 saturated heterocycles. The van der Waals surface area contributed by atoms with E-state index in [2.05, 4.69) is 0 Å². The molecule has 5 heteroatoms. The summed E-state index contributed by atoms with van der Waals surface area (Å²) in [6.45, 7) is 2.75. The number of benzene rings is 1. The highest BCUT2D eigenvalue weighted by molar-refractivity contribution is 7.80. The zero-order chi connectivity index (χ0) is 12.1. The average molecular weight is 257 g/mol. The summed E-state index contributed by atoms with van der Waals surface area (Å²) in [5.74, 6) is -0.0908. The Labute approximate surface area is 105 Å². The van der Waals surface area contributed by atoms with Crippen LogP contribution in [0, 0.1) is 0 Å². The van der Waals surface area contributed by atoms with Gasteiger partial charge in [0.2, 0.25) is 0 Å². The molecule has 1 aromatic carbocycles. The summed E-state index contributed by atoms with van der Waals surface area (Å²) in [7, 11) is 0. The van der Waals surface area contributed by atoms with Gasteiger partial charge in [0.05, 0.1) is 11.5 Å². The number of rotatable bonds is 4. The number of carbonyl (C=O) groups excluding carboxylic acids is 1. The quantitative estimate of drug-likeness (QED) is 0.839. The maximum Gasteiger partial charge on any atom is 0.254 e. The van der Waals surface area contributed by atoms with E-state index in [4.69, 9.17) is 29.6 Å². The molecule has 0 aliphatic rings. The van der Waals surface area contributed by atoms with E-state index in [1.54, 1.807) is 29.2 Å². The topological polar surface area (TPSA) is 46.3 Å². The lowest BCUT2D eigenvalue weighted by Crippen LogP contribution is -2.37. The molecular formula is C11H13ClN2OS. The van der Waals surface area contributed by atoms with E-state index in [9.17, 15) is 4.79 Å². The normalized spacial score (nSPS) is 9.88. The van der Waals surface area contributed by atoms with Crippen molar-refractivity contribution in [3.63, 3.8) is 0 Å². The average Bonchev–Trinajstić information content (AvgIpc) is 2.25. The van der Waals surface area contributed by atoms with Gasteiger partial charge in [0, 0.05) is 17.1 Å². The molecule has 1 rings (SSSR count). The van der Waals surface area contributed by atoms with Crippen LogP contribution >= 0.6 is 23.8 Å². The zero-order valence-corrected chi connectivity index (χ0v) is 10.5. The van der Waals surface area contributed by atoms with Crippen molar-refractivity contribution in [1.29, 1.82) is 0 Å². The predicted molar refractivity (Wildman–Crippen MR) is 69.8 cm³/mol. The van der Waals surface area contributed by atoms with Crippen LogP contribution in [-0.2, 0) is 0 Å². The first-order valence-electron chi connectivity index (χ1n) is 4.87. The molecule has 0 spiro atoms. The molecule has 0 aliphatic carbocycles. The molecule has 0 aliphatic heterocycles. The highest BCUT2D eigenvalue weighted by atomic mass is 35.5. The van der Waals surface area contributed by atoms with Gasteiger partial charge in [-0.1, -0.05) is 23.8 Å². The first kappa shape index (κ1) is 12.9. The Bertz CT molecular complexity index is 391. The summed E-state index contributed by atoms with van der Waals surface area (Å²) >= 11 is 10.5. The van der Waals surface area contributed by atoms with Crippen molar-refractivity contribution < 1.29 is 4.79 Å². The van der Waals surface area contributed by atoms with E-state index >= 15 is 0 Å². The molecule has 0 heterocycles. The number of nitrogens with two attached hydrogens (primary N) is 1. The lowest BCUT2D eigenvalue weighted by atomic mass is 10.2. The summed E-state index contributed by atoms with van der Waals surface area (Å²) in [4.78, 5) is 13.9.